The van der Waals surface area contributed by atoms with Crippen molar-refractivity contribution in [2.45, 2.75) is 63.8 Å². The van der Waals surface area contributed by atoms with Gasteiger partial charge in [0.1, 0.15) is 0 Å². The smallest absolute Gasteiger partial charge is 0.274 e. The zero-order valence-corrected chi connectivity index (χ0v) is 17.1. The van der Waals surface area contributed by atoms with E-state index in [1.807, 2.05) is 21.5 Å². The zero-order chi connectivity index (χ0) is 19.5. The minimum atomic E-state index is 0.116. The highest BCUT2D eigenvalue weighted by molar-refractivity contribution is 5.94. The molecule has 4 rings (SSSR count). The molecular weight excluding hydrogens is 354 g/mol. The topological polar surface area (TPSA) is 70.5 Å². The lowest BCUT2D eigenvalue weighted by Gasteiger charge is -2.28. The third-order valence-electron chi connectivity index (χ3n) is 6.51. The number of carbonyl (C=O) groups is 2. The van der Waals surface area contributed by atoms with Crippen molar-refractivity contribution in [3.8, 4) is 0 Å². The van der Waals surface area contributed by atoms with E-state index in [9.17, 15) is 9.59 Å². The van der Waals surface area contributed by atoms with Crippen molar-refractivity contribution in [3.05, 3.63) is 17.0 Å². The highest BCUT2D eigenvalue weighted by Crippen LogP contribution is 2.26. The van der Waals surface area contributed by atoms with Crippen molar-refractivity contribution < 1.29 is 9.59 Å². The van der Waals surface area contributed by atoms with Gasteiger partial charge in [-0.1, -0.05) is 0 Å². The van der Waals surface area contributed by atoms with Crippen LogP contribution in [0.4, 0.5) is 0 Å². The maximum atomic E-state index is 13.0. The molecule has 7 nitrogen and oxygen atoms in total. The molecule has 1 N–H and O–H groups in total. The van der Waals surface area contributed by atoms with Crippen molar-refractivity contribution in [1.29, 1.82) is 0 Å². The van der Waals surface area contributed by atoms with Gasteiger partial charge in [-0.25, -0.2) is 0 Å². The van der Waals surface area contributed by atoms with Crippen LogP contribution in [0.15, 0.2) is 0 Å². The number of amides is 2. The Hall–Kier alpha value is -1.89. The number of likely N-dealkylation sites (tertiary alicyclic amines) is 2. The molecular formula is C21H33N5O2. The molecule has 0 bridgehead atoms. The fourth-order valence-electron chi connectivity index (χ4n) is 4.90. The van der Waals surface area contributed by atoms with E-state index in [4.69, 9.17) is 0 Å². The fourth-order valence-corrected chi connectivity index (χ4v) is 4.90. The van der Waals surface area contributed by atoms with Gasteiger partial charge in [-0.05, 0) is 57.9 Å². The lowest BCUT2D eigenvalue weighted by molar-refractivity contribution is -0.127. The van der Waals surface area contributed by atoms with E-state index in [0.29, 0.717) is 24.1 Å². The van der Waals surface area contributed by atoms with Gasteiger partial charge in [-0.3, -0.25) is 14.3 Å². The molecule has 3 heterocycles. The summed E-state index contributed by atoms with van der Waals surface area (Å²) >= 11 is 0. The van der Waals surface area contributed by atoms with Gasteiger partial charge in [0.25, 0.3) is 5.91 Å². The van der Waals surface area contributed by atoms with Gasteiger partial charge in [-0.2, -0.15) is 5.10 Å². The molecule has 154 valence electrons. The third-order valence-corrected chi connectivity index (χ3v) is 6.51. The Balaban J connectivity index is 1.33. The second-order valence-electron chi connectivity index (χ2n) is 8.48. The second-order valence-corrected chi connectivity index (χ2v) is 8.48. The van der Waals surface area contributed by atoms with Crippen LogP contribution in [-0.4, -0.2) is 70.2 Å². The predicted octanol–water partition coefficient (Wildman–Crippen LogP) is 1.51. The first-order valence-corrected chi connectivity index (χ1v) is 11.0. The Labute approximate surface area is 167 Å². The first-order chi connectivity index (χ1) is 13.6. The number of fused-ring (bicyclic) bond motifs is 1. The molecule has 1 atom stereocenters. The van der Waals surface area contributed by atoms with Crippen LogP contribution in [0.5, 0.6) is 0 Å². The van der Waals surface area contributed by atoms with Crippen molar-refractivity contribution in [3.63, 3.8) is 0 Å². The molecule has 2 aliphatic heterocycles. The van der Waals surface area contributed by atoms with Crippen LogP contribution < -0.4 is 5.32 Å². The zero-order valence-electron chi connectivity index (χ0n) is 17.1. The number of rotatable bonds is 6. The molecule has 0 spiro atoms. The Morgan fingerprint density at radius 3 is 2.71 bits per heavy atom. The number of aryl methyl sites for hydroxylation is 1. The summed E-state index contributed by atoms with van der Waals surface area (Å²) in [6.07, 6.45) is 9.05. The van der Waals surface area contributed by atoms with E-state index in [2.05, 4.69) is 10.4 Å². The highest BCUT2D eigenvalue weighted by Gasteiger charge is 2.30. The van der Waals surface area contributed by atoms with Crippen LogP contribution in [0.2, 0.25) is 0 Å². The quantitative estimate of drug-likeness (QED) is 0.751. The van der Waals surface area contributed by atoms with Crippen molar-refractivity contribution >= 4 is 11.8 Å². The molecule has 7 heteroatoms. The lowest BCUT2D eigenvalue weighted by atomic mass is 9.91. The van der Waals surface area contributed by atoms with E-state index < -0.39 is 0 Å². The third kappa shape index (κ3) is 4.09. The van der Waals surface area contributed by atoms with E-state index >= 15 is 0 Å². The minimum Gasteiger partial charge on any atom is -0.343 e. The van der Waals surface area contributed by atoms with Gasteiger partial charge in [-0.15, -0.1) is 0 Å². The molecule has 1 aromatic rings. The number of piperidine rings is 1. The monoisotopic (exact) mass is 387 g/mol. The Morgan fingerprint density at radius 1 is 1.14 bits per heavy atom. The van der Waals surface area contributed by atoms with Crippen LogP contribution in [0.25, 0.3) is 0 Å². The number of nitrogens with one attached hydrogen (secondary N) is 1. The number of hydrogen-bond acceptors (Lipinski definition) is 4. The SMILES string of the molecule is Cn1nc(C(=O)N2CCCCC2)c2c1CCC(NCCCN1CCCC1=O)C2. The normalized spacial score (nSPS) is 22.6. The van der Waals surface area contributed by atoms with E-state index in [0.717, 1.165) is 83.2 Å². The molecule has 3 aliphatic rings. The standard InChI is InChI=1S/C21H33N5O2/c1-24-18-9-8-16(22-10-6-14-25-13-5-7-19(25)27)15-17(18)20(23-24)21(28)26-11-3-2-4-12-26/h16,22H,2-15H2,1H3. The molecule has 28 heavy (non-hydrogen) atoms. The number of carbonyl (C=O) groups excluding carboxylic acids is 2. The number of hydrogen-bond donors (Lipinski definition) is 1. The first-order valence-electron chi connectivity index (χ1n) is 11.0. The van der Waals surface area contributed by atoms with Gasteiger partial charge in [0, 0.05) is 56.9 Å². The molecule has 0 radical (unpaired) electrons. The van der Waals surface area contributed by atoms with Crippen LogP contribution in [0.1, 0.15) is 66.7 Å². The lowest BCUT2D eigenvalue weighted by Crippen LogP contribution is -2.39. The summed E-state index contributed by atoms with van der Waals surface area (Å²) in [5, 5.41) is 8.27. The molecule has 2 saturated heterocycles. The summed E-state index contributed by atoms with van der Waals surface area (Å²) in [5.74, 6) is 0.420. The first kappa shape index (κ1) is 19.4. The molecule has 1 aliphatic carbocycles. The van der Waals surface area contributed by atoms with E-state index in [-0.39, 0.29) is 5.91 Å². The van der Waals surface area contributed by atoms with Gasteiger partial charge in [0.05, 0.1) is 0 Å². The summed E-state index contributed by atoms with van der Waals surface area (Å²) in [4.78, 5) is 28.7. The van der Waals surface area contributed by atoms with Crippen LogP contribution in [0, 0.1) is 0 Å². The highest BCUT2D eigenvalue weighted by atomic mass is 16.2. The molecule has 1 aromatic heterocycles. The maximum absolute atomic E-state index is 13.0. The van der Waals surface area contributed by atoms with Crippen LogP contribution >= 0.6 is 0 Å². The van der Waals surface area contributed by atoms with Crippen molar-refractivity contribution in [2.75, 3.05) is 32.7 Å². The summed E-state index contributed by atoms with van der Waals surface area (Å²) in [6.45, 7) is 4.42. The molecule has 2 fully saturated rings. The van der Waals surface area contributed by atoms with Gasteiger partial charge >= 0.3 is 0 Å². The summed E-state index contributed by atoms with van der Waals surface area (Å²) in [6, 6.07) is 0.388. The average molecular weight is 388 g/mol. The van der Waals surface area contributed by atoms with Crippen molar-refractivity contribution in [1.82, 2.24) is 24.9 Å². The molecule has 1 unspecified atom stereocenters. The second kappa shape index (κ2) is 8.64. The predicted molar refractivity (Wildman–Crippen MR) is 107 cm³/mol. The Bertz CT molecular complexity index is 723. The molecule has 2 amide bonds. The number of nitrogens with zero attached hydrogens (tertiary/aromatic N) is 4. The summed E-state index contributed by atoms with van der Waals surface area (Å²) < 4.78 is 1.92. The van der Waals surface area contributed by atoms with Gasteiger partial charge < -0.3 is 15.1 Å². The summed E-state index contributed by atoms with van der Waals surface area (Å²) in [7, 11) is 1.96. The Morgan fingerprint density at radius 2 is 1.96 bits per heavy atom. The molecule has 0 saturated carbocycles. The van der Waals surface area contributed by atoms with Gasteiger partial charge in [0.2, 0.25) is 5.91 Å². The molecule has 0 aromatic carbocycles. The minimum absolute atomic E-state index is 0.116. The van der Waals surface area contributed by atoms with Crippen LogP contribution in [-0.2, 0) is 24.7 Å². The number of aromatic nitrogens is 2. The van der Waals surface area contributed by atoms with Crippen LogP contribution in [0.3, 0.4) is 0 Å². The van der Waals surface area contributed by atoms with E-state index in [1.54, 1.807) is 0 Å². The van der Waals surface area contributed by atoms with E-state index in [1.165, 1.54) is 12.1 Å². The average Bonchev–Trinajstić information content (AvgIpc) is 3.28. The fraction of sp³-hybridized carbons (Fsp3) is 0.762. The largest absolute Gasteiger partial charge is 0.343 e. The maximum Gasteiger partial charge on any atom is 0.274 e. The summed E-state index contributed by atoms with van der Waals surface area (Å²) in [5.41, 5.74) is 3.05. The van der Waals surface area contributed by atoms with Crippen molar-refractivity contribution in [2.24, 2.45) is 7.05 Å². The Kier molecular flexibility index (Phi) is 5.99. The van der Waals surface area contributed by atoms with Gasteiger partial charge in [0.15, 0.2) is 5.69 Å².